The van der Waals surface area contributed by atoms with Gasteiger partial charge in [0.05, 0.1) is 5.56 Å². The van der Waals surface area contributed by atoms with E-state index in [-0.39, 0.29) is 5.56 Å². The van der Waals surface area contributed by atoms with Crippen molar-refractivity contribution in [2.24, 2.45) is 0 Å². The molecule has 0 aliphatic heterocycles. The number of nitrogens with zero attached hydrogens (tertiary/aromatic N) is 1. The van der Waals surface area contributed by atoms with Gasteiger partial charge in [-0.25, -0.2) is 22.2 Å². The number of rotatable bonds is 2. The van der Waals surface area contributed by atoms with Crippen molar-refractivity contribution in [2.45, 2.75) is 18.4 Å². The number of alkyl halides is 2. The highest BCUT2D eigenvalue weighted by atomic mass is 127. The molecule has 0 radical (unpaired) electrons. The van der Waals surface area contributed by atoms with Gasteiger partial charge in [0.15, 0.2) is 5.03 Å². The molecular formula is C7H5ClF2INO2S. The van der Waals surface area contributed by atoms with Gasteiger partial charge in [0.25, 0.3) is 15.5 Å². The maximum atomic E-state index is 12.6. The van der Waals surface area contributed by atoms with E-state index in [0.29, 0.717) is 3.70 Å². The molecule has 1 aromatic heterocycles. The Labute approximate surface area is 103 Å². The van der Waals surface area contributed by atoms with Gasteiger partial charge in [0.2, 0.25) is 0 Å². The Morgan fingerprint density at radius 1 is 1.53 bits per heavy atom. The molecule has 0 atom stereocenters. The van der Waals surface area contributed by atoms with E-state index in [0.717, 1.165) is 0 Å². The molecule has 0 aromatic carbocycles. The molecule has 0 saturated carbocycles. The summed E-state index contributed by atoms with van der Waals surface area (Å²) in [5.41, 5.74) is -0.478. The molecule has 1 rings (SSSR count). The van der Waals surface area contributed by atoms with E-state index in [1.54, 1.807) is 22.6 Å². The number of hydrogen-bond donors (Lipinski definition) is 0. The standard InChI is InChI=1S/C7H5ClF2INO2S/c1-3-2-4(11)12-7(15(8,13)14)5(3)6(9)10/h2,6H,1H3. The first-order valence-corrected chi connectivity index (χ1v) is 7.02. The average molecular weight is 368 g/mol. The second kappa shape index (κ2) is 4.46. The van der Waals surface area contributed by atoms with Crippen LogP contribution in [0.3, 0.4) is 0 Å². The minimum absolute atomic E-state index is 0.156. The van der Waals surface area contributed by atoms with Gasteiger partial charge in [0.1, 0.15) is 3.70 Å². The van der Waals surface area contributed by atoms with Gasteiger partial charge < -0.3 is 0 Å². The van der Waals surface area contributed by atoms with Crippen LogP contribution in [0.25, 0.3) is 0 Å². The fourth-order valence-corrected chi connectivity index (χ4v) is 3.01. The molecule has 0 saturated heterocycles. The topological polar surface area (TPSA) is 47.0 Å². The van der Waals surface area contributed by atoms with Gasteiger partial charge in [-0.15, -0.1) is 0 Å². The third kappa shape index (κ3) is 2.97. The fourth-order valence-electron chi connectivity index (χ4n) is 1.07. The first-order chi connectivity index (χ1) is 6.73. The molecule has 0 aliphatic carbocycles. The van der Waals surface area contributed by atoms with Crippen molar-refractivity contribution < 1.29 is 17.2 Å². The van der Waals surface area contributed by atoms with E-state index < -0.39 is 26.1 Å². The molecule has 0 spiro atoms. The number of aromatic nitrogens is 1. The maximum Gasteiger partial charge on any atom is 0.279 e. The number of pyridine rings is 1. The van der Waals surface area contributed by atoms with Gasteiger partial charge in [-0.2, -0.15) is 0 Å². The summed E-state index contributed by atoms with van der Waals surface area (Å²) in [6.07, 6.45) is -2.92. The lowest BCUT2D eigenvalue weighted by Crippen LogP contribution is -2.06. The highest BCUT2D eigenvalue weighted by molar-refractivity contribution is 14.1. The first-order valence-electron chi connectivity index (χ1n) is 3.63. The van der Waals surface area contributed by atoms with Crippen LogP contribution in [0, 0.1) is 10.6 Å². The monoisotopic (exact) mass is 367 g/mol. The van der Waals surface area contributed by atoms with Crippen LogP contribution in [0.4, 0.5) is 8.78 Å². The molecule has 0 unspecified atom stereocenters. The number of hydrogen-bond acceptors (Lipinski definition) is 3. The second-order valence-corrected chi connectivity index (χ2v) is 6.31. The van der Waals surface area contributed by atoms with Crippen molar-refractivity contribution in [3.63, 3.8) is 0 Å². The Bertz CT molecular complexity index is 492. The Morgan fingerprint density at radius 2 is 2.07 bits per heavy atom. The average Bonchev–Trinajstić information content (AvgIpc) is 1.99. The molecule has 0 bridgehead atoms. The minimum Gasteiger partial charge on any atom is -0.229 e. The van der Waals surface area contributed by atoms with Gasteiger partial charge in [-0.05, 0) is 41.1 Å². The zero-order valence-corrected chi connectivity index (χ0v) is 11.1. The van der Waals surface area contributed by atoms with Crippen molar-refractivity contribution in [3.8, 4) is 0 Å². The summed E-state index contributed by atoms with van der Waals surface area (Å²) in [6, 6.07) is 1.37. The summed E-state index contributed by atoms with van der Waals surface area (Å²) >= 11 is 1.73. The van der Waals surface area contributed by atoms with Crippen LogP contribution in [0.5, 0.6) is 0 Å². The van der Waals surface area contributed by atoms with E-state index in [1.165, 1.54) is 13.0 Å². The zero-order valence-electron chi connectivity index (χ0n) is 7.34. The van der Waals surface area contributed by atoms with Crippen molar-refractivity contribution in [2.75, 3.05) is 0 Å². The van der Waals surface area contributed by atoms with Crippen molar-refractivity contribution in [1.82, 2.24) is 4.98 Å². The summed E-state index contributed by atoms with van der Waals surface area (Å²) < 4.78 is 47.5. The second-order valence-electron chi connectivity index (χ2n) is 2.72. The number of aryl methyl sites for hydroxylation is 1. The van der Waals surface area contributed by atoms with E-state index in [2.05, 4.69) is 4.98 Å². The van der Waals surface area contributed by atoms with E-state index in [4.69, 9.17) is 10.7 Å². The van der Waals surface area contributed by atoms with Crippen LogP contribution in [-0.4, -0.2) is 13.4 Å². The maximum absolute atomic E-state index is 12.6. The van der Waals surface area contributed by atoms with E-state index in [1.807, 2.05) is 0 Å². The highest BCUT2D eigenvalue weighted by Gasteiger charge is 2.26. The molecule has 1 heterocycles. The van der Waals surface area contributed by atoms with Crippen molar-refractivity contribution in [3.05, 3.63) is 20.9 Å². The minimum atomic E-state index is -4.25. The Balaban J connectivity index is 3.62. The van der Waals surface area contributed by atoms with Crippen molar-refractivity contribution in [1.29, 1.82) is 0 Å². The lowest BCUT2D eigenvalue weighted by molar-refractivity contribution is 0.146. The van der Waals surface area contributed by atoms with Gasteiger partial charge >= 0.3 is 0 Å². The SMILES string of the molecule is Cc1cc(I)nc(S(=O)(=O)Cl)c1C(F)F. The Hall–Kier alpha value is -0.0200. The molecule has 0 aliphatic rings. The van der Waals surface area contributed by atoms with Crippen LogP contribution >= 0.6 is 33.3 Å². The molecule has 0 N–H and O–H groups in total. The quantitative estimate of drug-likeness (QED) is 0.459. The van der Waals surface area contributed by atoms with Crippen LogP contribution < -0.4 is 0 Å². The summed E-state index contributed by atoms with van der Waals surface area (Å²) in [5, 5.41) is -0.761. The smallest absolute Gasteiger partial charge is 0.229 e. The lowest BCUT2D eigenvalue weighted by Gasteiger charge is -2.08. The summed E-state index contributed by atoms with van der Waals surface area (Å²) in [6.45, 7) is 1.39. The van der Waals surface area contributed by atoms with Crippen LogP contribution in [0.15, 0.2) is 11.1 Å². The summed E-state index contributed by atoms with van der Waals surface area (Å²) in [7, 11) is 0.778. The normalized spacial score (nSPS) is 12.1. The van der Waals surface area contributed by atoms with E-state index >= 15 is 0 Å². The Kier molecular flexibility index (Phi) is 3.88. The molecule has 1 aromatic rings. The largest absolute Gasteiger partial charge is 0.279 e. The molecule has 3 nitrogen and oxygen atoms in total. The lowest BCUT2D eigenvalue weighted by atomic mass is 10.2. The number of halogens is 4. The molecular weight excluding hydrogens is 363 g/mol. The van der Waals surface area contributed by atoms with Gasteiger partial charge in [0, 0.05) is 10.7 Å². The molecule has 84 valence electrons. The van der Waals surface area contributed by atoms with Crippen LogP contribution in [-0.2, 0) is 9.05 Å². The Morgan fingerprint density at radius 3 is 2.47 bits per heavy atom. The summed E-state index contributed by atoms with van der Waals surface area (Å²) in [5.74, 6) is 0. The first kappa shape index (κ1) is 13.0. The van der Waals surface area contributed by atoms with E-state index in [9.17, 15) is 17.2 Å². The van der Waals surface area contributed by atoms with Crippen LogP contribution in [0.2, 0.25) is 0 Å². The predicted molar refractivity (Wildman–Crippen MR) is 59.7 cm³/mol. The summed E-state index contributed by atoms with van der Waals surface area (Å²) in [4.78, 5) is 3.51. The predicted octanol–water partition coefficient (Wildman–Crippen LogP) is 2.86. The molecule has 0 amide bonds. The van der Waals surface area contributed by atoms with Gasteiger partial charge in [-0.3, -0.25) is 0 Å². The third-order valence-corrected chi connectivity index (χ3v) is 3.41. The highest BCUT2D eigenvalue weighted by Crippen LogP contribution is 2.30. The molecule has 0 fully saturated rings. The molecule has 15 heavy (non-hydrogen) atoms. The third-order valence-electron chi connectivity index (χ3n) is 1.65. The zero-order chi connectivity index (χ0) is 11.8. The van der Waals surface area contributed by atoms with Gasteiger partial charge in [-0.1, -0.05) is 0 Å². The van der Waals surface area contributed by atoms with Crippen molar-refractivity contribution >= 4 is 42.3 Å². The fraction of sp³-hybridized carbons (Fsp3) is 0.286. The van der Waals surface area contributed by atoms with Crippen LogP contribution in [0.1, 0.15) is 17.6 Å². The molecule has 8 heteroatoms.